The lowest BCUT2D eigenvalue weighted by Gasteiger charge is -2.21. The summed E-state index contributed by atoms with van der Waals surface area (Å²) in [6, 6.07) is 0. The molecule has 2 nitrogen and oxygen atoms in total. The third kappa shape index (κ3) is 1.81. The highest BCUT2D eigenvalue weighted by Gasteiger charge is 2.41. The van der Waals surface area contributed by atoms with Crippen LogP contribution in [0.15, 0.2) is 0 Å². The molecule has 1 rings (SSSR count). The molecule has 1 aliphatic rings. The van der Waals surface area contributed by atoms with Crippen LogP contribution in [0.5, 0.6) is 0 Å². The number of ether oxygens (including phenoxy) is 2. The molecule has 0 spiro atoms. The number of hydrogen-bond donors (Lipinski definition) is 0. The van der Waals surface area contributed by atoms with E-state index in [0.29, 0.717) is 10.4 Å². The van der Waals surface area contributed by atoms with Crippen molar-refractivity contribution in [3.63, 3.8) is 0 Å². The molecule has 70 valence electrons. The van der Waals surface area contributed by atoms with E-state index in [0.717, 1.165) is 6.42 Å². The summed E-state index contributed by atoms with van der Waals surface area (Å²) in [5.41, 5.74) is 0. The molecule has 4 heteroatoms. The van der Waals surface area contributed by atoms with E-state index in [1.807, 2.05) is 11.8 Å². The Balaban J connectivity index is 2.61. The third-order valence-electron chi connectivity index (χ3n) is 2.49. The molecule has 0 saturated carbocycles. The molecule has 4 atom stereocenters. The highest BCUT2D eigenvalue weighted by Crippen LogP contribution is 2.37. The SMILES string of the molecule is B[C@@H]1S[C@H](CC)C(OC)[C@@H]1OC. The second-order valence-corrected chi connectivity index (χ2v) is 4.81. The van der Waals surface area contributed by atoms with Crippen LogP contribution in [0, 0.1) is 0 Å². The smallest absolute Gasteiger partial charge is 0.121 e. The van der Waals surface area contributed by atoms with E-state index in [1.165, 1.54) is 0 Å². The van der Waals surface area contributed by atoms with Crippen LogP contribution in [0.1, 0.15) is 13.3 Å². The van der Waals surface area contributed by atoms with E-state index in [4.69, 9.17) is 9.47 Å². The van der Waals surface area contributed by atoms with E-state index in [1.54, 1.807) is 14.2 Å². The van der Waals surface area contributed by atoms with Crippen molar-refractivity contribution >= 4 is 19.6 Å². The molecule has 1 aliphatic heterocycles. The van der Waals surface area contributed by atoms with Crippen LogP contribution in [-0.4, -0.2) is 44.7 Å². The van der Waals surface area contributed by atoms with Gasteiger partial charge in [0.2, 0.25) is 0 Å². The van der Waals surface area contributed by atoms with E-state index in [9.17, 15) is 0 Å². The Morgan fingerprint density at radius 1 is 1.25 bits per heavy atom. The summed E-state index contributed by atoms with van der Waals surface area (Å²) in [5.74, 6) is 0. The summed E-state index contributed by atoms with van der Waals surface area (Å²) in [6.07, 6.45) is 1.71. The fourth-order valence-electron chi connectivity index (χ4n) is 1.85. The fourth-order valence-corrected chi connectivity index (χ4v) is 3.44. The van der Waals surface area contributed by atoms with E-state index in [-0.39, 0.29) is 12.2 Å². The standard InChI is InChI=1S/C8H17BO2S/c1-4-5-6(10-2)7(11-3)8(9)12-5/h5-8H,4,9H2,1-3H3/t5-,6?,7+,8-/m1/s1. The van der Waals surface area contributed by atoms with Gasteiger partial charge >= 0.3 is 0 Å². The minimum absolute atomic E-state index is 0.268. The van der Waals surface area contributed by atoms with Crippen LogP contribution in [0.2, 0.25) is 0 Å². The average Bonchev–Trinajstić information content (AvgIpc) is 2.40. The maximum atomic E-state index is 5.44. The molecule has 0 aliphatic carbocycles. The molecular formula is C8H17BO2S. The topological polar surface area (TPSA) is 18.5 Å². The van der Waals surface area contributed by atoms with Crippen LogP contribution in [-0.2, 0) is 9.47 Å². The Morgan fingerprint density at radius 2 is 1.83 bits per heavy atom. The van der Waals surface area contributed by atoms with Crippen molar-refractivity contribution in [3.8, 4) is 0 Å². The summed E-state index contributed by atoms with van der Waals surface area (Å²) in [6.45, 7) is 2.20. The van der Waals surface area contributed by atoms with Crippen molar-refractivity contribution in [1.29, 1.82) is 0 Å². The Morgan fingerprint density at radius 3 is 2.25 bits per heavy atom. The first-order valence-corrected chi connectivity index (χ1v) is 5.39. The zero-order valence-corrected chi connectivity index (χ0v) is 9.06. The van der Waals surface area contributed by atoms with E-state index >= 15 is 0 Å². The Labute approximate surface area is 79.8 Å². The predicted octanol–water partition coefficient (Wildman–Crippen LogP) is 0.501. The molecule has 0 bridgehead atoms. The number of methoxy groups -OCH3 is 2. The lowest BCUT2D eigenvalue weighted by Crippen LogP contribution is -2.35. The van der Waals surface area contributed by atoms with Crippen LogP contribution in [0.25, 0.3) is 0 Å². The minimum Gasteiger partial charge on any atom is -0.378 e. The Kier molecular flexibility index (Phi) is 3.94. The highest BCUT2D eigenvalue weighted by atomic mass is 32.2. The van der Waals surface area contributed by atoms with Gasteiger partial charge in [-0.15, -0.1) is 0 Å². The number of rotatable bonds is 3. The lowest BCUT2D eigenvalue weighted by atomic mass is 9.93. The molecule has 0 amide bonds. The summed E-state index contributed by atoms with van der Waals surface area (Å²) in [5, 5.41) is 1.17. The average molecular weight is 188 g/mol. The molecule has 1 fully saturated rings. The number of hydrogen-bond acceptors (Lipinski definition) is 3. The first-order chi connectivity index (χ1) is 5.74. The largest absolute Gasteiger partial charge is 0.378 e. The van der Waals surface area contributed by atoms with Gasteiger partial charge in [-0.1, -0.05) is 6.92 Å². The van der Waals surface area contributed by atoms with Gasteiger partial charge in [0.1, 0.15) is 7.85 Å². The summed E-state index contributed by atoms with van der Waals surface area (Å²) in [7, 11) is 5.75. The molecule has 0 N–H and O–H groups in total. The zero-order chi connectivity index (χ0) is 9.14. The summed E-state index contributed by atoms with van der Waals surface area (Å²) >= 11 is 1.98. The first-order valence-electron chi connectivity index (χ1n) is 4.45. The number of thioether (sulfide) groups is 1. The van der Waals surface area contributed by atoms with Crippen LogP contribution < -0.4 is 0 Å². The normalized spacial score (nSPS) is 41.9. The van der Waals surface area contributed by atoms with Gasteiger partial charge in [0.25, 0.3) is 0 Å². The molecule has 0 radical (unpaired) electrons. The van der Waals surface area contributed by atoms with Gasteiger partial charge in [-0.25, -0.2) is 0 Å². The van der Waals surface area contributed by atoms with Gasteiger partial charge in [0.15, 0.2) is 0 Å². The predicted molar refractivity (Wildman–Crippen MR) is 55.6 cm³/mol. The second-order valence-electron chi connectivity index (χ2n) is 3.19. The summed E-state index contributed by atoms with van der Waals surface area (Å²) in [4.78, 5) is 0. The van der Waals surface area contributed by atoms with Crippen LogP contribution in [0.3, 0.4) is 0 Å². The fraction of sp³-hybridized carbons (Fsp3) is 1.00. The van der Waals surface area contributed by atoms with Crippen molar-refractivity contribution in [3.05, 3.63) is 0 Å². The quantitative estimate of drug-likeness (QED) is 0.601. The molecule has 0 aromatic rings. The van der Waals surface area contributed by atoms with Crippen LogP contribution >= 0.6 is 11.8 Å². The maximum Gasteiger partial charge on any atom is 0.121 e. The molecule has 12 heavy (non-hydrogen) atoms. The molecule has 1 unspecified atom stereocenters. The Bertz CT molecular complexity index is 145. The summed E-state index contributed by atoms with van der Waals surface area (Å²) < 4.78 is 10.9. The van der Waals surface area contributed by atoms with Crippen molar-refractivity contribution in [2.45, 2.75) is 36.0 Å². The van der Waals surface area contributed by atoms with Gasteiger partial charge in [-0.2, -0.15) is 11.8 Å². The van der Waals surface area contributed by atoms with Crippen molar-refractivity contribution in [2.75, 3.05) is 14.2 Å². The van der Waals surface area contributed by atoms with E-state index in [2.05, 4.69) is 14.8 Å². The van der Waals surface area contributed by atoms with E-state index < -0.39 is 0 Å². The lowest BCUT2D eigenvalue weighted by molar-refractivity contribution is -0.0211. The molecule has 1 heterocycles. The van der Waals surface area contributed by atoms with Gasteiger partial charge in [0.05, 0.1) is 12.2 Å². The molecular weight excluding hydrogens is 171 g/mol. The minimum atomic E-state index is 0.268. The van der Waals surface area contributed by atoms with Crippen molar-refractivity contribution in [1.82, 2.24) is 0 Å². The van der Waals surface area contributed by atoms with Gasteiger partial charge in [-0.3, -0.25) is 0 Å². The maximum absolute atomic E-state index is 5.44. The zero-order valence-electron chi connectivity index (χ0n) is 8.24. The van der Waals surface area contributed by atoms with Crippen molar-refractivity contribution in [2.24, 2.45) is 0 Å². The monoisotopic (exact) mass is 188 g/mol. The van der Waals surface area contributed by atoms with Gasteiger partial charge < -0.3 is 9.47 Å². The third-order valence-corrected chi connectivity index (χ3v) is 4.14. The van der Waals surface area contributed by atoms with Crippen molar-refractivity contribution < 1.29 is 9.47 Å². The van der Waals surface area contributed by atoms with Crippen LogP contribution in [0.4, 0.5) is 0 Å². The second kappa shape index (κ2) is 4.54. The molecule has 1 saturated heterocycles. The van der Waals surface area contributed by atoms with Gasteiger partial charge in [-0.05, 0) is 6.42 Å². The Hall–Kier alpha value is 0.335. The highest BCUT2D eigenvalue weighted by molar-refractivity contribution is 8.02. The molecule has 0 aromatic carbocycles. The first kappa shape index (κ1) is 10.4. The van der Waals surface area contributed by atoms with Gasteiger partial charge in [0, 0.05) is 24.6 Å². The molecule has 0 aromatic heterocycles.